The summed E-state index contributed by atoms with van der Waals surface area (Å²) >= 11 is 0. The van der Waals surface area contributed by atoms with Crippen LogP contribution in [0.1, 0.15) is 50.8 Å². The van der Waals surface area contributed by atoms with E-state index in [0.29, 0.717) is 38.3 Å². The molecule has 0 spiro atoms. The van der Waals surface area contributed by atoms with Crippen LogP contribution < -0.4 is 4.74 Å². The summed E-state index contributed by atoms with van der Waals surface area (Å²) in [5.74, 6) is 0.360. The topological polar surface area (TPSA) is 57.2 Å². The number of likely N-dealkylation sites (tertiary alicyclic amines) is 1. The van der Waals surface area contributed by atoms with Gasteiger partial charge in [0, 0.05) is 21.2 Å². The molecule has 2 aromatic rings. The van der Waals surface area contributed by atoms with E-state index in [1.807, 2.05) is 51.1 Å². The highest BCUT2D eigenvalue weighted by Crippen LogP contribution is 2.35. The molecule has 6 nitrogen and oxygen atoms in total. The third kappa shape index (κ3) is 11.3. The van der Waals surface area contributed by atoms with Crippen LogP contribution in [-0.2, 0) is 20.4 Å². The molecule has 3 rings (SSSR count). The van der Waals surface area contributed by atoms with E-state index in [-0.39, 0.29) is 24.9 Å². The van der Waals surface area contributed by atoms with Crippen LogP contribution in [0.3, 0.4) is 0 Å². The molecule has 1 aliphatic rings. The van der Waals surface area contributed by atoms with E-state index in [1.165, 1.54) is 12.1 Å². The Morgan fingerprint density at radius 2 is 1.68 bits per heavy atom. The lowest BCUT2D eigenvalue weighted by Crippen LogP contribution is -2.49. The largest absolute Gasteiger partial charge is 0.486 e. The molecule has 0 aromatic heterocycles. The summed E-state index contributed by atoms with van der Waals surface area (Å²) < 4.78 is 63.2. The zero-order chi connectivity index (χ0) is 30.3. The Kier molecular flexibility index (Phi) is 11.3. The van der Waals surface area contributed by atoms with Crippen molar-refractivity contribution < 1.29 is 36.9 Å². The van der Waals surface area contributed by atoms with Crippen molar-refractivity contribution in [3.8, 4) is 5.75 Å². The van der Waals surface area contributed by atoms with Crippen molar-refractivity contribution >= 4 is 14.2 Å². The predicted octanol–water partition coefficient (Wildman–Crippen LogP) is 8.17. The van der Waals surface area contributed by atoms with Gasteiger partial charge in [0.1, 0.15) is 24.2 Å². The van der Waals surface area contributed by atoms with Crippen molar-refractivity contribution in [2.75, 3.05) is 26.5 Å². The van der Waals surface area contributed by atoms with Gasteiger partial charge in [0.15, 0.2) is 0 Å². The number of benzene rings is 2. The zero-order valence-corrected chi connectivity index (χ0v) is 26.0. The van der Waals surface area contributed by atoms with Gasteiger partial charge in [-0.2, -0.15) is 13.2 Å². The number of amides is 1. The van der Waals surface area contributed by atoms with Gasteiger partial charge in [-0.1, -0.05) is 50.0 Å². The van der Waals surface area contributed by atoms with E-state index in [2.05, 4.69) is 19.6 Å². The molecule has 1 saturated heterocycles. The first-order valence-corrected chi connectivity index (χ1v) is 17.9. The summed E-state index contributed by atoms with van der Waals surface area (Å²) in [5, 5.41) is 0. The molecule has 3 unspecified atom stereocenters. The average Bonchev–Trinajstić information content (AvgIpc) is 2.87. The number of carbonyl (C=O) groups is 1. The molecule has 10 heteroatoms. The molecular weight excluding hydrogens is 551 g/mol. The first-order valence-electron chi connectivity index (χ1n) is 14.2. The normalized spacial score (nSPS) is 19.1. The van der Waals surface area contributed by atoms with Crippen LogP contribution in [-0.4, -0.2) is 57.3 Å². The minimum atomic E-state index is -4.42. The quantitative estimate of drug-likeness (QED) is 0.149. The van der Waals surface area contributed by atoms with Gasteiger partial charge in [0.25, 0.3) is 0 Å². The van der Waals surface area contributed by atoms with E-state index in [9.17, 15) is 18.0 Å². The zero-order valence-electron chi connectivity index (χ0n) is 25.0. The van der Waals surface area contributed by atoms with Gasteiger partial charge in [-0.05, 0) is 75.4 Å². The summed E-state index contributed by atoms with van der Waals surface area (Å²) in [4.78, 5) is 14.5. The maximum atomic E-state index is 13.1. The first-order chi connectivity index (χ1) is 19.1. The highest BCUT2D eigenvalue weighted by Gasteiger charge is 2.36. The smallest absolute Gasteiger partial charge is 0.416 e. The van der Waals surface area contributed by atoms with Gasteiger partial charge in [-0.15, -0.1) is 0 Å². The van der Waals surface area contributed by atoms with Gasteiger partial charge < -0.3 is 23.8 Å². The molecule has 0 aliphatic carbocycles. The molecule has 3 atom stereocenters. The molecule has 1 aliphatic heterocycles. The molecule has 1 heterocycles. The lowest BCUT2D eigenvalue weighted by atomic mass is 9.86. The number of ether oxygens (including phenoxy) is 4. The number of halogens is 3. The lowest BCUT2D eigenvalue weighted by molar-refractivity contribution is -0.137. The molecule has 41 heavy (non-hydrogen) atoms. The summed E-state index contributed by atoms with van der Waals surface area (Å²) in [5.41, 5.74) is -0.427. The lowest BCUT2D eigenvalue weighted by Gasteiger charge is -2.40. The predicted molar refractivity (Wildman–Crippen MR) is 156 cm³/mol. The molecule has 1 fully saturated rings. The number of rotatable bonds is 11. The highest BCUT2D eigenvalue weighted by atomic mass is 28.3. The van der Waals surface area contributed by atoms with Crippen molar-refractivity contribution in [1.29, 1.82) is 0 Å². The summed E-state index contributed by atoms with van der Waals surface area (Å²) in [7, 11) is -1.25. The molecule has 2 aromatic carbocycles. The third-order valence-corrected chi connectivity index (χ3v) is 8.56. The Bertz CT molecular complexity index is 1080. The second-order valence-electron chi connectivity index (χ2n) is 12.8. The molecule has 0 saturated carbocycles. The number of nitrogens with zero attached hydrogens (tertiary/aromatic N) is 1. The van der Waals surface area contributed by atoms with E-state index >= 15 is 0 Å². The Hall–Kier alpha value is -2.56. The van der Waals surface area contributed by atoms with Crippen LogP contribution in [0.5, 0.6) is 5.75 Å². The van der Waals surface area contributed by atoms with Gasteiger partial charge in [-0.25, -0.2) is 4.79 Å². The van der Waals surface area contributed by atoms with E-state index in [1.54, 1.807) is 4.90 Å². The number of hydrogen-bond acceptors (Lipinski definition) is 5. The second kappa shape index (κ2) is 14.1. The van der Waals surface area contributed by atoms with Gasteiger partial charge in [0.2, 0.25) is 0 Å². The fourth-order valence-corrected chi connectivity index (χ4v) is 5.33. The number of alkyl halides is 3. The highest BCUT2D eigenvalue weighted by molar-refractivity contribution is 6.76. The van der Waals surface area contributed by atoms with E-state index < -0.39 is 31.5 Å². The molecular formula is C31H44F3NO5Si. The summed E-state index contributed by atoms with van der Waals surface area (Å²) in [6, 6.07) is 15.4. The van der Waals surface area contributed by atoms with Crippen LogP contribution >= 0.6 is 0 Å². The van der Waals surface area contributed by atoms with Crippen molar-refractivity contribution in [2.45, 2.75) is 83.3 Å². The Morgan fingerprint density at radius 3 is 2.27 bits per heavy atom. The Balaban J connectivity index is 1.76. The maximum Gasteiger partial charge on any atom is 0.416 e. The van der Waals surface area contributed by atoms with Crippen LogP contribution in [0.4, 0.5) is 18.0 Å². The van der Waals surface area contributed by atoms with Crippen LogP contribution in [0.15, 0.2) is 54.6 Å². The number of piperidine rings is 1. The van der Waals surface area contributed by atoms with Crippen molar-refractivity contribution in [1.82, 2.24) is 4.90 Å². The fraction of sp³-hybridized carbons (Fsp3) is 0.581. The van der Waals surface area contributed by atoms with Gasteiger partial charge in [-0.3, -0.25) is 0 Å². The molecule has 0 N–H and O–H groups in total. The Labute approximate surface area is 243 Å². The fourth-order valence-electron chi connectivity index (χ4n) is 4.57. The van der Waals surface area contributed by atoms with Gasteiger partial charge >= 0.3 is 12.3 Å². The number of hydrogen-bond donors (Lipinski definition) is 0. The summed E-state index contributed by atoms with van der Waals surface area (Å²) in [6.07, 6.45) is -4.35. The molecule has 0 radical (unpaired) electrons. The van der Waals surface area contributed by atoms with Crippen LogP contribution in [0.2, 0.25) is 25.7 Å². The Morgan fingerprint density at radius 1 is 1.02 bits per heavy atom. The molecule has 0 bridgehead atoms. The van der Waals surface area contributed by atoms with Crippen molar-refractivity contribution in [3.05, 3.63) is 65.7 Å². The third-order valence-electron chi connectivity index (χ3n) is 6.86. The van der Waals surface area contributed by atoms with Gasteiger partial charge in [0.05, 0.1) is 18.2 Å². The monoisotopic (exact) mass is 595 g/mol. The minimum Gasteiger partial charge on any atom is -0.486 e. The van der Waals surface area contributed by atoms with E-state index in [0.717, 1.165) is 23.7 Å². The van der Waals surface area contributed by atoms with Crippen molar-refractivity contribution in [2.24, 2.45) is 5.92 Å². The molecule has 1 amide bonds. The van der Waals surface area contributed by atoms with Crippen LogP contribution in [0, 0.1) is 5.92 Å². The standard InChI is InChI=1S/C31H44F3NO5Si/c1-30(2,3)40-29(36)35-17-16-24(28(21-35)38-22-37-18-19-41(4,5)6)20-27(23-10-8-7-9-11-23)39-26-14-12-25(13-15-26)31(32,33)34/h7-15,24,27-28H,16-22H2,1-6H3. The summed E-state index contributed by atoms with van der Waals surface area (Å²) in [6.45, 7) is 13.9. The van der Waals surface area contributed by atoms with Crippen LogP contribution in [0.25, 0.3) is 0 Å². The first kappa shape index (κ1) is 32.9. The minimum absolute atomic E-state index is 0.00827. The maximum absolute atomic E-state index is 13.1. The van der Waals surface area contributed by atoms with Crippen molar-refractivity contribution in [3.63, 3.8) is 0 Å². The number of carbonyl (C=O) groups excluding carboxylic acids is 1. The van der Waals surface area contributed by atoms with E-state index in [4.69, 9.17) is 18.9 Å². The second-order valence-corrected chi connectivity index (χ2v) is 18.4. The average molecular weight is 596 g/mol. The SMILES string of the molecule is CC(C)(C)OC(=O)N1CCC(CC(Oc2ccc(C(F)(F)F)cc2)c2ccccc2)C(OCOCC[Si](C)(C)C)C1. The molecule has 228 valence electrons.